The standard InChI is InChI=1S/C17H20F3N3O3/c1-11(2)9-23-16(25)13-6-4-3-5-12(13)14(22-23)15(24)21-7-8-26-10-17(18,19)20/h3-6,11H,7-10H2,1-2H3,(H,21,24). The van der Waals surface area contributed by atoms with Gasteiger partial charge in [0, 0.05) is 18.5 Å². The second-order valence-electron chi connectivity index (χ2n) is 6.20. The number of ether oxygens (including phenoxy) is 1. The molecule has 0 fully saturated rings. The molecule has 0 saturated heterocycles. The minimum Gasteiger partial charge on any atom is -0.370 e. The molecule has 0 radical (unpaired) electrons. The van der Waals surface area contributed by atoms with Crippen LogP contribution in [-0.4, -0.2) is 41.6 Å². The van der Waals surface area contributed by atoms with E-state index in [2.05, 4.69) is 15.2 Å². The normalized spacial score (nSPS) is 11.9. The lowest BCUT2D eigenvalue weighted by Gasteiger charge is -2.13. The second-order valence-corrected chi connectivity index (χ2v) is 6.20. The van der Waals surface area contributed by atoms with Gasteiger partial charge in [-0.1, -0.05) is 32.0 Å². The monoisotopic (exact) mass is 371 g/mol. The molecule has 6 nitrogen and oxygen atoms in total. The molecule has 1 amide bonds. The molecule has 2 rings (SSSR count). The highest BCUT2D eigenvalue weighted by atomic mass is 19.4. The highest BCUT2D eigenvalue weighted by Gasteiger charge is 2.27. The number of fused-ring (bicyclic) bond motifs is 1. The summed E-state index contributed by atoms with van der Waals surface area (Å²) in [6.45, 7) is 2.42. The number of rotatable bonds is 7. The van der Waals surface area contributed by atoms with Crippen LogP contribution >= 0.6 is 0 Å². The van der Waals surface area contributed by atoms with E-state index in [0.29, 0.717) is 17.3 Å². The number of halogens is 3. The van der Waals surface area contributed by atoms with Gasteiger partial charge in [-0.3, -0.25) is 9.59 Å². The SMILES string of the molecule is CC(C)Cn1nc(C(=O)NCCOCC(F)(F)F)c2ccccc2c1=O. The maximum Gasteiger partial charge on any atom is 0.411 e. The smallest absolute Gasteiger partial charge is 0.370 e. The molecule has 1 aromatic carbocycles. The third-order valence-electron chi connectivity index (χ3n) is 3.42. The predicted octanol–water partition coefficient (Wildman–Crippen LogP) is 2.36. The van der Waals surface area contributed by atoms with Crippen molar-refractivity contribution in [2.45, 2.75) is 26.6 Å². The summed E-state index contributed by atoms with van der Waals surface area (Å²) in [6.07, 6.45) is -4.41. The van der Waals surface area contributed by atoms with Crippen LogP contribution in [0.3, 0.4) is 0 Å². The van der Waals surface area contributed by atoms with E-state index in [4.69, 9.17) is 0 Å². The molecule has 0 bridgehead atoms. The average Bonchev–Trinajstić information content (AvgIpc) is 2.55. The minimum atomic E-state index is -4.41. The lowest BCUT2D eigenvalue weighted by Crippen LogP contribution is -2.33. The highest BCUT2D eigenvalue weighted by Crippen LogP contribution is 2.15. The molecule has 2 aromatic rings. The number of hydrogen-bond donors (Lipinski definition) is 1. The van der Waals surface area contributed by atoms with Crippen LogP contribution in [0.1, 0.15) is 24.3 Å². The van der Waals surface area contributed by atoms with Crippen LogP contribution in [0, 0.1) is 5.92 Å². The summed E-state index contributed by atoms with van der Waals surface area (Å²) in [7, 11) is 0. The van der Waals surface area contributed by atoms with Crippen LogP contribution in [0.15, 0.2) is 29.1 Å². The fraction of sp³-hybridized carbons (Fsp3) is 0.471. The van der Waals surface area contributed by atoms with Gasteiger partial charge >= 0.3 is 6.18 Å². The topological polar surface area (TPSA) is 73.2 Å². The zero-order valence-corrected chi connectivity index (χ0v) is 14.5. The molecule has 0 atom stereocenters. The molecular weight excluding hydrogens is 351 g/mol. The van der Waals surface area contributed by atoms with Crippen LogP contribution in [0.5, 0.6) is 0 Å². The summed E-state index contributed by atoms with van der Waals surface area (Å²) in [5.74, 6) is -0.428. The molecule has 26 heavy (non-hydrogen) atoms. The van der Waals surface area contributed by atoms with E-state index in [1.807, 2.05) is 13.8 Å². The Labute approximate surface area is 147 Å². The van der Waals surface area contributed by atoms with E-state index in [0.717, 1.165) is 0 Å². The number of carbonyl (C=O) groups is 1. The summed E-state index contributed by atoms with van der Waals surface area (Å²) in [4.78, 5) is 24.9. The molecule has 0 unspecified atom stereocenters. The molecule has 1 heterocycles. The second kappa shape index (κ2) is 8.31. The van der Waals surface area contributed by atoms with Crippen LogP contribution in [0.25, 0.3) is 10.8 Å². The summed E-state index contributed by atoms with van der Waals surface area (Å²) in [5.41, 5.74) is -0.240. The highest BCUT2D eigenvalue weighted by molar-refractivity contribution is 6.04. The van der Waals surface area contributed by atoms with E-state index in [1.165, 1.54) is 4.68 Å². The van der Waals surface area contributed by atoms with Gasteiger partial charge in [-0.05, 0) is 12.0 Å². The fourth-order valence-corrected chi connectivity index (χ4v) is 2.38. The maximum atomic E-state index is 12.5. The van der Waals surface area contributed by atoms with E-state index in [-0.39, 0.29) is 30.3 Å². The number of amides is 1. The number of nitrogens with zero attached hydrogens (tertiary/aromatic N) is 2. The Bertz CT molecular complexity index is 831. The van der Waals surface area contributed by atoms with Crippen LogP contribution in [0.4, 0.5) is 13.2 Å². The van der Waals surface area contributed by atoms with Crippen molar-refractivity contribution in [3.05, 3.63) is 40.3 Å². The maximum absolute atomic E-state index is 12.5. The molecule has 1 N–H and O–H groups in total. The van der Waals surface area contributed by atoms with Crippen LogP contribution in [0.2, 0.25) is 0 Å². The zero-order valence-electron chi connectivity index (χ0n) is 14.5. The number of nitrogens with one attached hydrogen (secondary N) is 1. The molecule has 9 heteroatoms. The van der Waals surface area contributed by atoms with E-state index in [9.17, 15) is 22.8 Å². The first kappa shape index (κ1) is 19.9. The summed E-state index contributed by atoms with van der Waals surface area (Å²) in [5, 5.41) is 7.38. The summed E-state index contributed by atoms with van der Waals surface area (Å²) < 4.78 is 41.7. The fourth-order valence-electron chi connectivity index (χ4n) is 2.38. The van der Waals surface area contributed by atoms with Crippen LogP contribution in [-0.2, 0) is 11.3 Å². The van der Waals surface area contributed by atoms with Crippen molar-refractivity contribution in [1.29, 1.82) is 0 Å². The Morgan fingerprint density at radius 3 is 2.54 bits per heavy atom. The van der Waals surface area contributed by atoms with Gasteiger partial charge in [-0.15, -0.1) is 0 Å². The number of carbonyl (C=O) groups excluding carboxylic acids is 1. The van der Waals surface area contributed by atoms with Crippen molar-refractivity contribution in [2.75, 3.05) is 19.8 Å². The lowest BCUT2D eigenvalue weighted by atomic mass is 10.1. The van der Waals surface area contributed by atoms with Gasteiger partial charge in [0.15, 0.2) is 5.69 Å². The third kappa shape index (κ3) is 5.29. The Hall–Kier alpha value is -2.42. The molecule has 142 valence electrons. The first-order chi connectivity index (χ1) is 12.2. The molecule has 0 spiro atoms. The Morgan fingerprint density at radius 1 is 1.27 bits per heavy atom. The number of hydrogen-bond acceptors (Lipinski definition) is 4. The van der Waals surface area contributed by atoms with Gasteiger partial charge in [-0.2, -0.15) is 18.3 Å². The Kier molecular flexibility index (Phi) is 6.36. The Balaban J connectivity index is 2.18. The van der Waals surface area contributed by atoms with Gasteiger partial charge in [0.05, 0.1) is 12.0 Å². The number of alkyl halides is 3. The molecule has 0 aliphatic heterocycles. The molecular formula is C17H20F3N3O3. The third-order valence-corrected chi connectivity index (χ3v) is 3.42. The predicted molar refractivity (Wildman–Crippen MR) is 90.0 cm³/mol. The van der Waals surface area contributed by atoms with Gasteiger partial charge in [0.25, 0.3) is 11.5 Å². The van der Waals surface area contributed by atoms with E-state index >= 15 is 0 Å². The molecule has 1 aromatic heterocycles. The molecule has 0 saturated carbocycles. The van der Waals surface area contributed by atoms with Crippen molar-refractivity contribution in [1.82, 2.24) is 15.1 Å². The number of aromatic nitrogens is 2. The minimum absolute atomic E-state index is 0.0525. The van der Waals surface area contributed by atoms with Gasteiger partial charge in [-0.25, -0.2) is 4.68 Å². The summed E-state index contributed by atoms with van der Waals surface area (Å²) in [6, 6.07) is 6.59. The first-order valence-corrected chi connectivity index (χ1v) is 8.11. The first-order valence-electron chi connectivity index (χ1n) is 8.11. The average molecular weight is 371 g/mol. The van der Waals surface area contributed by atoms with Crippen molar-refractivity contribution >= 4 is 16.7 Å². The van der Waals surface area contributed by atoms with E-state index < -0.39 is 18.7 Å². The van der Waals surface area contributed by atoms with Crippen molar-refractivity contribution < 1.29 is 22.7 Å². The van der Waals surface area contributed by atoms with Crippen molar-refractivity contribution in [3.63, 3.8) is 0 Å². The van der Waals surface area contributed by atoms with Crippen molar-refractivity contribution in [2.24, 2.45) is 5.92 Å². The zero-order chi connectivity index (χ0) is 19.3. The molecule has 0 aliphatic rings. The quantitative estimate of drug-likeness (QED) is 0.759. The van der Waals surface area contributed by atoms with Gasteiger partial charge < -0.3 is 10.1 Å². The van der Waals surface area contributed by atoms with Gasteiger partial charge in [0.1, 0.15) is 6.61 Å². The lowest BCUT2D eigenvalue weighted by molar-refractivity contribution is -0.173. The van der Waals surface area contributed by atoms with E-state index in [1.54, 1.807) is 24.3 Å². The number of benzene rings is 1. The van der Waals surface area contributed by atoms with Crippen molar-refractivity contribution in [3.8, 4) is 0 Å². The van der Waals surface area contributed by atoms with Crippen LogP contribution < -0.4 is 10.9 Å². The Morgan fingerprint density at radius 2 is 1.92 bits per heavy atom. The van der Waals surface area contributed by atoms with Gasteiger partial charge in [0.2, 0.25) is 0 Å². The molecule has 0 aliphatic carbocycles. The summed E-state index contributed by atoms with van der Waals surface area (Å²) >= 11 is 0. The largest absolute Gasteiger partial charge is 0.411 e.